The van der Waals surface area contributed by atoms with Gasteiger partial charge in [0.05, 0.1) is 6.33 Å². The summed E-state index contributed by atoms with van der Waals surface area (Å²) in [5, 5.41) is 8.50. The fraction of sp³-hybridized carbons (Fsp3) is 0.421. The predicted octanol–water partition coefficient (Wildman–Crippen LogP) is 3.08. The summed E-state index contributed by atoms with van der Waals surface area (Å²) in [4.78, 5) is 3.98. The van der Waals surface area contributed by atoms with E-state index in [1.165, 1.54) is 15.2 Å². The highest BCUT2D eigenvalue weighted by Crippen LogP contribution is 2.64. The Labute approximate surface area is 173 Å². The molecule has 29 heavy (non-hydrogen) atoms. The van der Waals surface area contributed by atoms with Crippen LogP contribution in [-0.2, 0) is 17.1 Å². The Hall–Kier alpha value is -2.23. The lowest BCUT2D eigenvalue weighted by atomic mass is 9.92. The average Bonchev–Trinajstić information content (AvgIpc) is 3.05. The molecule has 0 radical (unpaired) electrons. The van der Waals surface area contributed by atoms with E-state index < -0.39 is 10.0 Å². The summed E-state index contributed by atoms with van der Waals surface area (Å²) in [5.41, 5.74) is 0.939. The highest BCUT2D eigenvalue weighted by Gasteiger charge is 2.59. The summed E-state index contributed by atoms with van der Waals surface area (Å²) in [6.07, 6.45) is 3.87. The largest absolute Gasteiger partial charge is 0.420 e. The van der Waals surface area contributed by atoms with Crippen LogP contribution in [-0.4, -0.2) is 45.6 Å². The topological polar surface area (TPSA) is 94.1 Å². The average molecular weight is 434 g/mol. The first kappa shape index (κ1) is 18.8. The van der Waals surface area contributed by atoms with E-state index in [-0.39, 0.29) is 21.5 Å². The number of halogens is 1. The normalized spacial score (nSPS) is 21.5. The fourth-order valence-corrected chi connectivity index (χ4v) is 6.01. The molecule has 1 atom stereocenters. The van der Waals surface area contributed by atoms with Gasteiger partial charge in [0.1, 0.15) is 5.15 Å². The Morgan fingerprint density at radius 2 is 1.90 bits per heavy atom. The molecule has 8 nitrogen and oxygen atoms in total. The van der Waals surface area contributed by atoms with E-state index in [1.807, 2.05) is 30.3 Å². The van der Waals surface area contributed by atoms with E-state index in [0.717, 1.165) is 24.8 Å². The van der Waals surface area contributed by atoms with Gasteiger partial charge in [0.2, 0.25) is 16.8 Å². The lowest BCUT2D eigenvalue weighted by Gasteiger charge is -2.31. The zero-order valence-corrected chi connectivity index (χ0v) is 17.4. The van der Waals surface area contributed by atoms with E-state index in [4.69, 9.17) is 16.0 Å². The number of imidazole rings is 1. The van der Waals surface area contributed by atoms with E-state index in [2.05, 4.69) is 15.2 Å². The number of nitrogens with zero attached hydrogens (tertiary/aromatic N) is 5. The summed E-state index contributed by atoms with van der Waals surface area (Å²) in [6, 6.07) is 9.68. The van der Waals surface area contributed by atoms with Gasteiger partial charge in [0.15, 0.2) is 0 Å². The first-order valence-electron chi connectivity index (χ1n) is 9.46. The lowest BCUT2D eigenvalue weighted by molar-refractivity contribution is 0.245. The van der Waals surface area contributed by atoms with Gasteiger partial charge in [0, 0.05) is 31.6 Å². The van der Waals surface area contributed by atoms with Gasteiger partial charge in [-0.2, -0.15) is 4.31 Å². The molecule has 3 aromatic rings. The minimum Gasteiger partial charge on any atom is -0.420 e. The Morgan fingerprint density at radius 3 is 2.55 bits per heavy atom. The van der Waals surface area contributed by atoms with Crippen LogP contribution in [0.2, 0.25) is 5.15 Å². The molecule has 1 saturated carbocycles. The molecular weight excluding hydrogens is 414 g/mol. The number of aryl methyl sites for hydroxylation is 1. The van der Waals surface area contributed by atoms with Crippen molar-refractivity contribution in [1.29, 1.82) is 0 Å². The Morgan fingerprint density at radius 1 is 1.17 bits per heavy atom. The molecule has 0 N–H and O–H groups in total. The van der Waals surface area contributed by atoms with Crippen molar-refractivity contribution in [2.24, 2.45) is 12.5 Å². The molecule has 10 heteroatoms. The Balaban J connectivity index is 1.28. The van der Waals surface area contributed by atoms with Crippen LogP contribution in [0.25, 0.3) is 11.5 Å². The second-order valence-corrected chi connectivity index (χ2v) is 10.00. The van der Waals surface area contributed by atoms with E-state index in [0.29, 0.717) is 24.9 Å². The maximum atomic E-state index is 12.9. The zero-order valence-electron chi connectivity index (χ0n) is 15.8. The number of sulfonamides is 1. The fourth-order valence-electron chi connectivity index (χ4n) is 4.18. The highest BCUT2D eigenvalue weighted by atomic mass is 35.5. The van der Waals surface area contributed by atoms with Gasteiger partial charge in [-0.25, -0.2) is 13.4 Å². The van der Waals surface area contributed by atoms with E-state index in [1.54, 1.807) is 7.05 Å². The molecule has 5 rings (SSSR count). The molecule has 1 aliphatic heterocycles. The number of hydrogen-bond donors (Lipinski definition) is 0. The molecule has 1 saturated heterocycles. The van der Waals surface area contributed by atoms with Crippen LogP contribution in [0.4, 0.5) is 0 Å². The van der Waals surface area contributed by atoms with Crippen molar-refractivity contribution in [3.05, 3.63) is 47.7 Å². The van der Waals surface area contributed by atoms with Crippen molar-refractivity contribution in [3.8, 4) is 11.5 Å². The maximum Gasteiger partial charge on any atom is 0.263 e. The molecule has 1 spiro atoms. The van der Waals surface area contributed by atoms with Crippen LogP contribution < -0.4 is 0 Å². The van der Waals surface area contributed by atoms with Crippen molar-refractivity contribution in [2.45, 2.75) is 30.2 Å². The molecule has 0 amide bonds. The van der Waals surface area contributed by atoms with E-state index in [9.17, 15) is 8.42 Å². The second kappa shape index (κ2) is 6.65. The monoisotopic (exact) mass is 433 g/mol. The van der Waals surface area contributed by atoms with Crippen LogP contribution in [0.1, 0.15) is 31.1 Å². The summed E-state index contributed by atoms with van der Waals surface area (Å²) in [6.45, 7) is 0.872. The Bertz CT molecular complexity index is 1150. The number of aromatic nitrogens is 4. The number of benzene rings is 1. The molecule has 1 unspecified atom stereocenters. The number of hydrogen-bond acceptors (Lipinski definition) is 6. The van der Waals surface area contributed by atoms with Crippen LogP contribution in [0.15, 0.2) is 46.1 Å². The van der Waals surface area contributed by atoms with Crippen LogP contribution >= 0.6 is 11.6 Å². The van der Waals surface area contributed by atoms with Crippen molar-refractivity contribution >= 4 is 21.6 Å². The molecule has 2 fully saturated rings. The van der Waals surface area contributed by atoms with Crippen molar-refractivity contribution in [3.63, 3.8) is 0 Å². The molecule has 1 aliphatic carbocycles. The zero-order chi connectivity index (χ0) is 20.2. The smallest absolute Gasteiger partial charge is 0.263 e. The van der Waals surface area contributed by atoms with Gasteiger partial charge < -0.3 is 8.98 Å². The van der Waals surface area contributed by atoms with Crippen molar-refractivity contribution < 1.29 is 12.8 Å². The van der Waals surface area contributed by atoms with Gasteiger partial charge in [-0.15, -0.1) is 10.2 Å². The molecule has 1 aromatic carbocycles. The van der Waals surface area contributed by atoms with Gasteiger partial charge >= 0.3 is 0 Å². The summed E-state index contributed by atoms with van der Waals surface area (Å²) >= 11 is 6.10. The molecule has 3 heterocycles. The van der Waals surface area contributed by atoms with Crippen LogP contribution in [0.3, 0.4) is 0 Å². The minimum atomic E-state index is -3.69. The summed E-state index contributed by atoms with van der Waals surface area (Å²) in [5.74, 6) is 1.36. The third-order valence-electron chi connectivity index (χ3n) is 6.09. The SMILES string of the molecule is Cn1cnc(S(=O)(=O)N2CCC3(CC2)CC3c2nnc(-c3ccccc3)o2)c1Cl. The maximum absolute atomic E-state index is 12.9. The first-order valence-corrected chi connectivity index (χ1v) is 11.3. The van der Waals surface area contributed by atoms with Gasteiger partial charge in [-0.05, 0) is 36.8 Å². The molecule has 2 aromatic heterocycles. The highest BCUT2D eigenvalue weighted by molar-refractivity contribution is 7.89. The first-order chi connectivity index (χ1) is 13.9. The molecular formula is C19H20ClN5O3S. The lowest BCUT2D eigenvalue weighted by Crippen LogP contribution is -2.39. The summed E-state index contributed by atoms with van der Waals surface area (Å²) < 4.78 is 34.7. The standard InChI is InChI=1S/C19H20ClN5O3S/c1-24-12-21-18(15(24)20)29(26,27)25-9-7-19(8-10-25)11-14(19)17-23-22-16(28-17)13-5-3-2-4-6-13/h2-6,12,14H,7-11H2,1H3. The number of piperidine rings is 1. The third kappa shape index (κ3) is 3.08. The van der Waals surface area contributed by atoms with Crippen molar-refractivity contribution in [1.82, 2.24) is 24.1 Å². The number of rotatable bonds is 4. The second-order valence-electron chi connectivity index (χ2n) is 7.79. The van der Waals surface area contributed by atoms with Crippen LogP contribution in [0, 0.1) is 5.41 Å². The van der Waals surface area contributed by atoms with Crippen LogP contribution in [0.5, 0.6) is 0 Å². The molecule has 2 aliphatic rings. The van der Waals surface area contributed by atoms with Gasteiger partial charge in [-0.1, -0.05) is 29.8 Å². The molecule has 0 bridgehead atoms. The van der Waals surface area contributed by atoms with Crippen molar-refractivity contribution in [2.75, 3.05) is 13.1 Å². The van der Waals surface area contributed by atoms with Gasteiger partial charge in [0.25, 0.3) is 10.0 Å². The molecule has 152 valence electrons. The quantitative estimate of drug-likeness (QED) is 0.627. The van der Waals surface area contributed by atoms with E-state index >= 15 is 0 Å². The minimum absolute atomic E-state index is 0.0421. The predicted molar refractivity (Wildman–Crippen MR) is 106 cm³/mol. The van der Waals surface area contributed by atoms with Gasteiger partial charge in [-0.3, -0.25) is 0 Å². The summed E-state index contributed by atoms with van der Waals surface area (Å²) in [7, 11) is -2.02. The Kier molecular flexibility index (Phi) is 4.30. The third-order valence-corrected chi connectivity index (χ3v) is 8.48.